The Balaban J connectivity index is 2.61. The molecule has 0 aliphatic heterocycles. The summed E-state index contributed by atoms with van der Waals surface area (Å²) in [5.41, 5.74) is 0.469. The number of hydrogen-bond donors (Lipinski definition) is 2. The van der Waals surface area contributed by atoms with Gasteiger partial charge in [-0.15, -0.1) is 6.58 Å². The highest BCUT2D eigenvalue weighted by Gasteiger charge is 2.12. The Labute approximate surface area is 111 Å². The number of carbonyl (C=O) groups is 2. The zero-order valence-corrected chi connectivity index (χ0v) is 10.9. The Hall–Kier alpha value is -2.31. The largest absolute Gasteiger partial charge is 0.480 e. The fourth-order valence-corrected chi connectivity index (χ4v) is 1.56. The van der Waals surface area contributed by atoms with E-state index in [-0.39, 0.29) is 12.6 Å². The SMILES string of the molecule is C=CCN(CCC)C(=O)Nc1cnn(CC(=O)O)c1. The van der Waals surface area contributed by atoms with Gasteiger partial charge in [0.1, 0.15) is 6.54 Å². The van der Waals surface area contributed by atoms with E-state index < -0.39 is 5.97 Å². The molecule has 0 aliphatic rings. The Kier molecular flexibility index (Phi) is 5.59. The van der Waals surface area contributed by atoms with Crippen LogP contribution >= 0.6 is 0 Å². The molecule has 0 radical (unpaired) electrons. The van der Waals surface area contributed by atoms with Crippen LogP contribution in [0.5, 0.6) is 0 Å². The number of aliphatic carboxylic acids is 1. The van der Waals surface area contributed by atoms with Crippen molar-refractivity contribution in [2.75, 3.05) is 18.4 Å². The molecule has 0 saturated heterocycles. The highest BCUT2D eigenvalue weighted by atomic mass is 16.4. The van der Waals surface area contributed by atoms with E-state index in [9.17, 15) is 9.59 Å². The maximum Gasteiger partial charge on any atom is 0.325 e. The van der Waals surface area contributed by atoms with Crippen molar-refractivity contribution in [3.63, 3.8) is 0 Å². The Morgan fingerprint density at radius 2 is 2.37 bits per heavy atom. The highest BCUT2D eigenvalue weighted by molar-refractivity contribution is 5.89. The number of anilines is 1. The molecule has 7 heteroatoms. The molecule has 7 nitrogen and oxygen atoms in total. The molecule has 104 valence electrons. The van der Waals surface area contributed by atoms with Crippen molar-refractivity contribution in [2.24, 2.45) is 0 Å². The lowest BCUT2D eigenvalue weighted by molar-refractivity contribution is -0.137. The first-order valence-corrected chi connectivity index (χ1v) is 5.98. The van der Waals surface area contributed by atoms with Gasteiger partial charge in [-0.05, 0) is 6.42 Å². The van der Waals surface area contributed by atoms with Crippen molar-refractivity contribution in [1.82, 2.24) is 14.7 Å². The van der Waals surface area contributed by atoms with E-state index in [1.807, 2.05) is 6.92 Å². The number of nitrogens with one attached hydrogen (secondary N) is 1. The molecule has 19 heavy (non-hydrogen) atoms. The van der Waals surface area contributed by atoms with Crippen LogP contribution in [0.1, 0.15) is 13.3 Å². The Bertz CT molecular complexity index is 456. The summed E-state index contributed by atoms with van der Waals surface area (Å²) in [5, 5.41) is 15.1. The summed E-state index contributed by atoms with van der Waals surface area (Å²) in [5.74, 6) is -0.986. The summed E-state index contributed by atoms with van der Waals surface area (Å²) >= 11 is 0. The van der Waals surface area contributed by atoms with Gasteiger partial charge >= 0.3 is 12.0 Å². The maximum atomic E-state index is 11.9. The van der Waals surface area contributed by atoms with E-state index in [0.717, 1.165) is 6.42 Å². The fourth-order valence-electron chi connectivity index (χ4n) is 1.56. The molecule has 0 fully saturated rings. The number of carbonyl (C=O) groups excluding carboxylic acids is 1. The summed E-state index contributed by atoms with van der Waals surface area (Å²) in [4.78, 5) is 24.1. The van der Waals surface area contributed by atoms with Crippen molar-refractivity contribution >= 4 is 17.7 Å². The number of aromatic nitrogens is 2. The minimum absolute atomic E-state index is 0.235. The first kappa shape index (κ1) is 14.7. The van der Waals surface area contributed by atoms with Crippen LogP contribution in [0, 0.1) is 0 Å². The number of carboxylic acid groups (broad SMARTS) is 1. The molecule has 0 atom stereocenters. The molecular weight excluding hydrogens is 248 g/mol. The zero-order valence-electron chi connectivity index (χ0n) is 10.9. The van der Waals surface area contributed by atoms with Crippen LogP contribution in [-0.2, 0) is 11.3 Å². The predicted molar refractivity (Wildman–Crippen MR) is 70.9 cm³/mol. The van der Waals surface area contributed by atoms with Crippen molar-refractivity contribution in [1.29, 1.82) is 0 Å². The van der Waals surface area contributed by atoms with E-state index in [4.69, 9.17) is 5.11 Å². The third kappa shape index (κ3) is 4.82. The first-order chi connectivity index (χ1) is 9.06. The van der Waals surface area contributed by atoms with Crippen molar-refractivity contribution in [2.45, 2.75) is 19.9 Å². The van der Waals surface area contributed by atoms with Crippen LogP contribution in [0.25, 0.3) is 0 Å². The van der Waals surface area contributed by atoms with E-state index >= 15 is 0 Å². The summed E-state index contributed by atoms with van der Waals surface area (Å²) in [6.45, 7) is 6.44. The smallest absolute Gasteiger partial charge is 0.325 e. The van der Waals surface area contributed by atoms with Crippen LogP contribution in [0.2, 0.25) is 0 Å². The van der Waals surface area contributed by atoms with Gasteiger partial charge in [-0.3, -0.25) is 9.48 Å². The molecule has 0 saturated carbocycles. The molecule has 0 aromatic carbocycles. The van der Waals surface area contributed by atoms with Gasteiger partial charge in [0.05, 0.1) is 11.9 Å². The quantitative estimate of drug-likeness (QED) is 0.730. The second-order valence-electron chi connectivity index (χ2n) is 3.99. The average Bonchev–Trinajstić information content (AvgIpc) is 2.75. The topological polar surface area (TPSA) is 87.5 Å². The van der Waals surface area contributed by atoms with Crippen LogP contribution in [0.3, 0.4) is 0 Å². The molecule has 0 spiro atoms. The van der Waals surface area contributed by atoms with E-state index in [2.05, 4.69) is 17.0 Å². The van der Waals surface area contributed by atoms with Gasteiger partial charge < -0.3 is 15.3 Å². The van der Waals surface area contributed by atoms with Gasteiger partial charge in [-0.1, -0.05) is 13.0 Å². The third-order valence-electron chi connectivity index (χ3n) is 2.31. The molecule has 0 aliphatic carbocycles. The van der Waals surface area contributed by atoms with E-state index in [1.54, 1.807) is 11.0 Å². The third-order valence-corrected chi connectivity index (χ3v) is 2.31. The van der Waals surface area contributed by atoms with Gasteiger partial charge in [0.2, 0.25) is 0 Å². The summed E-state index contributed by atoms with van der Waals surface area (Å²) < 4.78 is 1.25. The van der Waals surface area contributed by atoms with Gasteiger partial charge in [0.15, 0.2) is 0 Å². The van der Waals surface area contributed by atoms with Gasteiger partial charge in [-0.25, -0.2) is 4.79 Å². The monoisotopic (exact) mass is 266 g/mol. The lowest BCUT2D eigenvalue weighted by Gasteiger charge is -2.20. The molecular formula is C12H18N4O3. The number of urea groups is 1. The number of nitrogens with zero attached hydrogens (tertiary/aromatic N) is 3. The molecule has 1 aromatic heterocycles. The molecule has 2 amide bonds. The Morgan fingerprint density at radius 1 is 1.63 bits per heavy atom. The van der Waals surface area contributed by atoms with Crippen LogP contribution in [0.15, 0.2) is 25.0 Å². The zero-order chi connectivity index (χ0) is 14.3. The van der Waals surface area contributed by atoms with E-state index in [0.29, 0.717) is 18.8 Å². The normalized spacial score (nSPS) is 9.95. The lowest BCUT2D eigenvalue weighted by atomic mass is 10.4. The molecule has 1 heterocycles. The molecule has 0 bridgehead atoms. The molecule has 1 rings (SSSR count). The molecule has 0 unspecified atom stereocenters. The second kappa shape index (κ2) is 7.20. The Morgan fingerprint density at radius 3 is 2.95 bits per heavy atom. The van der Waals surface area contributed by atoms with Crippen LogP contribution in [-0.4, -0.2) is 44.9 Å². The van der Waals surface area contributed by atoms with Crippen molar-refractivity contribution in [3.05, 3.63) is 25.0 Å². The van der Waals surface area contributed by atoms with E-state index in [1.165, 1.54) is 17.1 Å². The number of carboxylic acids is 1. The minimum Gasteiger partial charge on any atom is -0.480 e. The van der Waals surface area contributed by atoms with Crippen LogP contribution < -0.4 is 5.32 Å². The molecule has 1 aromatic rings. The lowest BCUT2D eigenvalue weighted by Crippen LogP contribution is -2.35. The summed E-state index contributed by atoms with van der Waals surface area (Å²) in [6.07, 6.45) is 5.39. The second-order valence-corrected chi connectivity index (χ2v) is 3.99. The van der Waals surface area contributed by atoms with Crippen molar-refractivity contribution < 1.29 is 14.7 Å². The minimum atomic E-state index is -0.986. The number of hydrogen-bond acceptors (Lipinski definition) is 3. The summed E-state index contributed by atoms with van der Waals surface area (Å²) in [7, 11) is 0. The van der Waals surface area contributed by atoms with Crippen molar-refractivity contribution in [3.8, 4) is 0 Å². The van der Waals surface area contributed by atoms with Gasteiger partial charge in [0, 0.05) is 19.3 Å². The highest BCUT2D eigenvalue weighted by Crippen LogP contribution is 2.07. The average molecular weight is 266 g/mol. The summed E-state index contributed by atoms with van der Waals surface area (Å²) in [6, 6.07) is -0.253. The predicted octanol–water partition coefficient (Wildman–Crippen LogP) is 1.40. The fraction of sp³-hybridized carbons (Fsp3) is 0.417. The molecule has 2 N–H and O–H groups in total. The maximum absolute atomic E-state index is 11.9. The van der Waals surface area contributed by atoms with Gasteiger partial charge in [0.25, 0.3) is 0 Å². The first-order valence-electron chi connectivity index (χ1n) is 5.98. The number of amides is 2. The standard InChI is InChI=1S/C12H18N4O3/c1-3-5-15(6-4-2)12(19)14-10-7-13-16(8-10)9-11(17)18/h3,7-8H,1,4-6,9H2,2H3,(H,14,19)(H,17,18). The number of rotatable bonds is 7. The van der Waals surface area contributed by atoms with Crippen LogP contribution in [0.4, 0.5) is 10.5 Å². The van der Waals surface area contributed by atoms with Gasteiger partial charge in [-0.2, -0.15) is 5.10 Å².